The number of carbonyl (C=O) groups is 2. The lowest BCUT2D eigenvalue weighted by Gasteiger charge is -2.08. The molecule has 0 aliphatic heterocycles. The van der Waals surface area contributed by atoms with Crippen molar-refractivity contribution < 1.29 is 19.1 Å². The molecule has 10 heavy (non-hydrogen) atoms. The van der Waals surface area contributed by atoms with Crippen LogP contribution in [0.2, 0.25) is 0 Å². The van der Waals surface area contributed by atoms with E-state index in [-0.39, 0.29) is 25.4 Å². The molecular weight excluding hydrogens is 160 g/mol. The van der Waals surface area contributed by atoms with E-state index in [1.807, 2.05) is 0 Å². The average molecular weight is 167 g/mol. The molecule has 0 unspecified atom stereocenters. The van der Waals surface area contributed by atoms with Gasteiger partial charge in [-0.1, -0.05) is 0 Å². The normalized spacial score (nSPS) is 11.7. The van der Waals surface area contributed by atoms with Crippen molar-refractivity contribution in [1.29, 1.82) is 0 Å². The van der Waals surface area contributed by atoms with Crippen molar-refractivity contribution in [2.24, 2.45) is 0 Å². The Morgan fingerprint density at radius 2 is 2.10 bits per heavy atom. The van der Waals surface area contributed by atoms with Crippen LogP contribution in [0, 0.1) is 0 Å². The molecule has 0 spiro atoms. The lowest BCUT2D eigenvalue weighted by molar-refractivity contribution is -0.141. The number of halogens is 1. The van der Waals surface area contributed by atoms with Gasteiger partial charge in [-0.15, -0.1) is 11.6 Å². The fourth-order valence-electron chi connectivity index (χ4n) is 0.345. The molecule has 1 atom stereocenters. The maximum absolute atomic E-state index is 9.71. The van der Waals surface area contributed by atoms with Gasteiger partial charge in [0.2, 0.25) is 0 Å². The van der Waals surface area contributed by atoms with Gasteiger partial charge in [0.1, 0.15) is 12.7 Å². The van der Waals surface area contributed by atoms with E-state index in [0.717, 1.165) is 0 Å². The van der Waals surface area contributed by atoms with E-state index in [9.17, 15) is 9.59 Å². The minimum Gasteiger partial charge on any atom is -0.464 e. The topological polar surface area (TPSA) is 52.6 Å². The monoisotopic (exact) mass is 166 g/mol. The summed E-state index contributed by atoms with van der Waals surface area (Å²) in [7, 11) is 0. The van der Waals surface area contributed by atoms with Crippen LogP contribution in [0.5, 0.6) is 0 Å². The van der Waals surface area contributed by atoms with Crippen LogP contribution in [0.4, 0.5) is 0 Å². The van der Waals surface area contributed by atoms with Crippen molar-refractivity contribution in [2.75, 3.05) is 12.5 Å². The molecule has 0 radical (unpaired) electrons. The predicted octanol–water partition coefficient (Wildman–Crippen LogP) is -0.0602. The van der Waals surface area contributed by atoms with Gasteiger partial charge in [-0.25, -0.2) is 0 Å². The van der Waals surface area contributed by atoms with E-state index in [1.54, 1.807) is 0 Å². The smallest absolute Gasteiger partial charge is 0.293 e. The Morgan fingerprint density at radius 1 is 1.40 bits per heavy atom. The molecule has 0 heterocycles. The van der Waals surface area contributed by atoms with Gasteiger partial charge in [-0.05, 0) is 0 Å². The van der Waals surface area contributed by atoms with Gasteiger partial charge in [-0.2, -0.15) is 0 Å². The summed E-state index contributed by atoms with van der Waals surface area (Å²) in [4.78, 5) is 19.3. The van der Waals surface area contributed by atoms with E-state index in [2.05, 4.69) is 9.47 Å². The van der Waals surface area contributed by atoms with Crippen LogP contribution in [0.3, 0.4) is 0 Å². The molecule has 0 aliphatic rings. The molecule has 0 aromatic carbocycles. The van der Waals surface area contributed by atoms with Crippen molar-refractivity contribution in [3.63, 3.8) is 0 Å². The first-order valence-corrected chi connectivity index (χ1v) is 3.09. The summed E-state index contributed by atoms with van der Waals surface area (Å²) in [5.74, 6) is 0.118. The molecule has 4 nitrogen and oxygen atoms in total. The van der Waals surface area contributed by atoms with Gasteiger partial charge in [0.05, 0.1) is 5.88 Å². The number of ether oxygens (including phenoxy) is 2. The second kappa shape index (κ2) is 6.35. The van der Waals surface area contributed by atoms with Gasteiger partial charge in [0.25, 0.3) is 12.9 Å². The second-order valence-electron chi connectivity index (χ2n) is 1.44. The lowest BCUT2D eigenvalue weighted by Crippen LogP contribution is -2.20. The SMILES string of the molecule is O=COC[C@H](CCl)OC=O. The first-order chi connectivity index (χ1) is 4.85. The highest BCUT2D eigenvalue weighted by Gasteiger charge is 2.06. The maximum atomic E-state index is 9.71. The average Bonchev–Trinajstić information content (AvgIpc) is 1.98. The Labute approximate surface area is 63.1 Å². The molecule has 5 heteroatoms. The van der Waals surface area contributed by atoms with Crippen LogP contribution in [0.25, 0.3) is 0 Å². The molecule has 0 fully saturated rings. The summed E-state index contributed by atoms with van der Waals surface area (Å²) in [6.07, 6.45) is -0.538. The molecule has 0 N–H and O–H groups in total. The quantitative estimate of drug-likeness (QED) is 0.410. The van der Waals surface area contributed by atoms with Crippen molar-refractivity contribution in [1.82, 2.24) is 0 Å². The molecule has 58 valence electrons. The second-order valence-corrected chi connectivity index (χ2v) is 1.75. The Morgan fingerprint density at radius 3 is 2.50 bits per heavy atom. The van der Waals surface area contributed by atoms with E-state index in [1.165, 1.54) is 0 Å². The van der Waals surface area contributed by atoms with E-state index >= 15 is 0 Å². The highest BCUT2D eigenvalue weighted by Crippen LogP contribution is 1.93. The summed E-state index contributed by atoms with van der Waals surface area (Å²) in [6.45, 7) is 0.542. The van der Waals surface area contributed by atoms with Crippen molar-refractivity contribution >= 4 is 24.5 Å². The number of alkyl halides is 1. The number of rotatable bonds is 6. The van der Waals surface area contributed by atoms with Gasteiger partial charge in [0.15, 0.2) is 0 Å². The van der Waals surface area contributed by atoms with Crippen molar-refractivity contribution in [3.05, 3.63) is 0 Å². The summed E-state index contributed by atoms with van der Waals surface area (Å²) in [5, 5.41) is 0. The Kier molecular flexibility index (Phi) is 5.86. The molecule has 0 amide bonds. The largest absolute Gasteiger partial charge is 0.464 e. The van der Waals surface area contributed by atoms with Crippen LogP contribution < -0.4 is 0 Å². The van der Waals surface area contributed by atoms with Gasteiger partial charge < -0.3 is 9.47 Å². The molecule has 0 saturated carbocycles. The summed E-state index contributed by atoms with van der Waals surface area (Å²) in [5.41, 5.74) is 0. The first-order valence-electron chi connectivity index (χ1n) is 2.55. The molecule has 0 aliphatic carbocycles. The number of hydrogen-bond donors (Lipinski definition) is 0. The number of carbonyl (C=O) groups excluding carboxylic acids is 2. The third kappa shape index (κ3) is 4.14. The van der Waals surface area contributed by atoms with Gasteiger partial charge >= 0.3 is 0 Å². The maximum Gasteiger partial charge on any atom is 0.293 e. The molecular formula is C5H7ClO4. The van der Waals surface area contributed by atoms with Crippen LogP contribution >= 0.6 is 11.6 Å². The Balaban J connectivity index is 3.38. The molecule has 0 aromatic heterocycles. The fourth-order valence-corrected chi connectivity index (χ4v) is 0.507. The minimum atomic E-state index is -0.538. The Bertz CT molecular complexity index is 106. The third-order valence-electron chi connectivity index (χ3n) is 0.770. The summed E-state index contributed by atoms with van der Waals surface area (Å²) >= 11 is 5.30. The zero-order valence-corrected chi connectivity index (χ0v) is 5.91. The van der Waals surface area contributed by atoms with Gasteiger partial charge in [-0.3, -0.25) is 9.59 Å². The molecule has 0 bridgehead atoms. The van der Waals surface area contributed by atoms with E-state index < -0.39 is 6.10 Å². The van der Waals surface area contributed by atoms with Crippen LogP contribution in [-0.2, 0) is 19.1 Å². The lowest BCUT2D eigenvalue weighted by atomic mass is 10.4. The van der Waals surface area contributed by atoms with Crippen LogP contribution in [-0.4, -0.2) is 31.5 Å². The predicted molar refractivity (Wildman–Crippen MR) is 33.7 cm³/mol. The summed E-state index contributed by atoms with van der Waals surface area (Å²) in [6, 6.07) is 0. The zero-order valence-electron chi connectivity index (χ0n) is 5.16. The zero-order chi connectivity index (χ0) is 7.82. The summed E-state index contributed by atoms with van der Waals surface area (Å²) < 4.78 is 8.69. The number of hydrogen-bond acceptors (Lipinski definition) is 4. The molecule has 0 aromatic rings. The van der Waals surface area contributed by atoms with Crippen molar-refractivity contribution in [3.8, 4) is 0 Å². The minimum absolute atomic E-state index is 0.00569. The highest BCUT2D eigenvalue weighted by molar-refractivity contribution is 6.18. The Hall–Kier alpha value is -0.770. The third-order valence-corrected chi connectivity index (χ3v) is 1.11. The molecule has 0 rings (SSSR count). The van der Waals surface area contributed by atoms with Gasteiger partial charge in [0, 0.05) is 0 Å². The standard InChI is InChI=1S/C5H7ClO4/c6-1-5(10-4-8)2-9-3-7/h3-5H,1-2H2/t5-/m0/s1. The van der Waals surface area contributed by atoms with E-state index in [0.29, 0.717) is 0 Å². The first kappa shape index (κ1) is 9.23. The van der Waals surface area contributed by atoms with E-state index in [4.69, 9.17) is 11.6 Å². The van der Waals surface area contributed by atoms with Crippen LogP contribution in [0.1, 0.15) is 0 Å². The van der Waals surface area contributed by atoms with Crippen molar-refractivity contribution in [2.45, 2.75) is 6.10 Å². The fraction of sp³-hybridized carbons (Fsp3) is 0.600. The highest BCUT2D eigenvalue weighted by atomic mass is 35.5. The van der Waals surface area contributed by atoms with Crippen LogP contribution in [0.15, 0.2) is 0 Å². The molecule has 0 saturated heterocycles.